The minimum Gasteiger partial charge on any atom is -0.508 e. The van der Waals surface area contributed by atoms with Gasteiger partial charge in [-0.3, -0.25) is 0 Å². The van der Waals surface area contributed by atoms with Crippen LogP contribution in [0.4, 0.5) is 0 Å². The van der Waals surface area contributed by atoms with Gasteiger partial charge in [0.2, 0.25) is 0 Å². The monoisotopic (exact) mass is 420 g/mol. The van der Waals surface area contributed by atoms with Gasteiger partial charge in [-0.15, -0.1) is 6.07 Å². The predicted octanol–water partition coefficient (Wildman–Crippen LogP) is -0.202. The third kappa shape index (κ3) is 1.70. The van der Waals surface area contributed by atoms with Gasteiger partial charge in [0.1, 0.15) is 12.4 Å². The first-order valence-electron chi connectivity index (χ1n) is 2.94. The molecule has 0 fully saturated rings. The topological polar surface area (TPSA) is 50.4 Å². The van der Waals surface area contributed by atoms with Crippen LogP contribution in [0.25, 0.3) is 0 Å². The molecule has 0 saturated carbocycles. The van der Waals surface area contributed by atoms with Gasteiger partial charge < -0.3 is 14.7 Å². The van der Waals surface area contributed by atoms with Crippen LogP contribution in [0.15, 0.2) is 18.5 Å². The fourth-order valence-electron chi connectivity index (χ4n) is 0.638. The first kappa shape index (κ1) is 9.42. The quantitative estimate of drug-likeness (QED) is 0.297. The Bertz CT molecular complexity index is 277. The van der Waals surface area contributed by atoms with Gasteiger partial charge in [-0.1, -0.05) is 10.8 Å². The Morgan fingerprint density at radius 1 is 1.75 bits per heavy atom. The third-order valence-electron chi connectivity index (χ3n) is 1.13. The number of ether oxygens (including phenoxy) is 1. The molecule has 0 aliphatic heterocycles. The van der Waals surface area contributed by atoms with Crippen LogP contribution in [0.3, 0.4) is 0 Å². The van der Waals surface area contributed by atoms with Gasteiger partial charge >= 0.3 is 0 Å². The first-order valence-corrected chi connectivity index (χ1v) is 2.94. The van der Waals surface area contributed by atoms with Crippen LogP contribution in [0.5, 0.6) is 0 Å². The van der Waals surface area contributed by atoms with Crippen LogP contribution in [0.1, 0.15) is 10.4 Å². The first-order chi connectivity index (χ1) is 5.24. The van der Waals surface area contributed by atoms with E-state index < -0.39 is 5.97 Å². The largest absolute Gasteiger partial charge is 0.508 e. The van der Waals surface area contributed by atoms with Crippen LogP contribution in [0.2, 0.25) is 0 Å². The van der Waals surface area contributed by atoms with E-state index in [0.29, 0.717) is 0 Å². The summed E-state index contributed by atoms with van der Waals surface area (Å²) in [6.45, 7) is 0. The van der Waals surface area contributed by atoms with E-state index in [-0.39, 0.29) is 5.56 Å². The van der Waals surface area contributed by atoms with E-state index >= 15 is 0 Å². The molecule has 0 radical (unpaired) electrons. The molecule has 0 spiro atoms. The zero-order chi connectivity index (χ0) is 8.27. The Kier molecular flexibility index (Phi) is 2.79. The number of aromatic nitrogens is 1. The van der Waals surface area contributed by atoms with Gasteiger partial charge in [-0.25, -0.2) is 0 Å². The summed E-state index contributed by atoms with van der Waals surface area (Å²) in [6.07, 6.45) is 2.57. The van der Waals surface area contributed by atoms with Crippen LogP contribution in [0, 0.1) is 6.07 Å². The van der Waals surface area contributed by atoms with Gasteiger partial charge in [0.25, 0.3) is 5.97 Å². The summed E-state index contributed by atoms with van der Waals surface area (Å²) in [5, 5.41) is 8.85. The smallest absolute Gasteiger partial charge is 0.255 e. The number of hydrogen-bond acceptors (Lipinski definition) is 3. The van der Waals surface area contributed by atoms with Gasteiger partial charge in [-0.05, 0) is 0 Å². The Hall–Kier alpha value is -2.58. The summed E-state index contributed by atoms with van der Waals surface area (Å²) in [5.41, 5.74) is 0.192. The maximum absolute atomic E-state index is 10.8. The number of esters is 1. The fourth-order valence-corrected chi connectivity index (χ4v) is 0.638. The normalized spacial score (nSPS) is 8.42. The van der Waals surface area contributed by atoms with E-state index in [9.17, 15) is 4.79 Å². The molecule has 0 atom stereocenters. The van der Waals surface area contributed by atoms with Crippen molar-refractivity contribution >= 4 is 5.97 Å². The number of carbonyl (C=O) groups is 1. The molecule has 0 amide bonds. The average Bonchev–Trinajstić information content (AvgIpc) is 2.03. The summed E-state index contributed by atoms with van der Waals surface area (Å²) in [6, 6.07) is 4.03. The van der Waals surface area contributed by atoms with Crippen molar-refractivity contribution in [1.82, 2.24) is 0 Å². The molecule has 1 aromatic heterocycles. The molecule has 0 aromatic carbocycles. The third-order valence-corrected chi connectivity index (χ3v) is 1.13. The SMILES string of the molecule is COC(=O)c1[c-]cc[n+](O)c1.[Rf]. The van der Waals surface area contributed by atoms with Crippen molar-refractivity contribution in [2.24, 2.45) is 0 Å². The van der Waals surface area contributed by atoms with E-state index in [1.807, 2.05) is 0 Å². The second kappa shape index (κ2) is 3.55. The molecule has 0 unspecified atom stereocenters. The van der Waals surface area contributed by atoms with Crippen molar-refractivity contribution in [3.8, 4) is 0 Å². The Balaban J connectivity index is 0.00000121. The number of carbonyl (C=O) groups excluding carboxylic acids is 1. The zero-order valence-electron chi connectivity index (χ0n) is 6.65. The van der Waals surface area contributed by atoms with Crippen molar-refractivity contribution < 1.29 is 19.5 Å². The van der Waals surface area contributed by atoms with Crippen LogP contribution in [-0.4, -0.2) is 18.3 Å². The van der Waals surface area contributed by atoms with Crippen LogP contribution in [-0.2, 0) is 4.74 Å². The fraction of sp³-hybridized carbons (Fsp3) is 0.143. The van der Waals surface area contributed by atoms with Crippen LogP contribution < -0.4 is 4.73 Å². The van der Waals surface area contributed by atoms with Gasteiger partial charge in [0, 0.05) is 5.56 Å². The summed E-state index contributed by atoms with van der Waals surface area (Å²) in [7, 11) is 1.27. The molecule has 0 bridgehead atoms. The maximum Gasteiger partial charge on any atom is 0.255 e. The number of pyridine rings is 1. The van der Waals surface area contributed by atoms with E-state index in [4.69, 9.17) is 5.21 Å². The molecule has 5 heteroatoms. The van der Waals surface area contributed by atoms with E-state index in [2.05, 4.69) is 10.8 Å². The molecule has 1 heterocycles. The zero-order valence-corrected chi connectivity index (χ0v) is 13.0. The average molecular weight is 420 g/mol. The van der Waals surface area contributed by atoms with Crippen LogP contribution >= 0.6 is 0 Å². The van der Waals surface area contributed by atoms with Gasteiger partial charge in [0.05, 0.1) is 7.11 Å². The number of rotatable bonds is 1. The number of methoxy groups -OCH3 is 1. The molecule has 1 N–H and O–H groups in total. The van der Waals surface area contributed by atoms with E-state index in [1.165, 1.54) is 25.6 Å². The van der Waals surface area contributed by atoms with E-state index in [0.717, 1.165) is 4.73 Å². The van der Waals surface area contributed by atoms with Crippen molar-refractivity contribution in [3.63, 3.8) is 0 Å². The van der Waals surface area contributed by atoms with Gasteiger partial charge in [0.15, 0.2) is 0 Å². The molecule has 0 aliphatic carbocycles. The molecule has 0 aliphatic rings. The molecule has 0 saturated heterocycles. The number of hydrogen-bond donors (Lipinski definition) is 1. The van der Waals surface area contributed by atoms with E-state index in [1.54, 1.807) is 0 Å². The summed E-state index contributed by atoms with van der Waals surface area (Å²) >= 11 is 0. The summed E-state index contributed by atoms with van der Waals surface area (Å²) in [4.78, 5) is 10.8. The molecule has 1 rings (SSSR count). The Labute approximate surface area is 63.6 Å². The molecule has 12 heavy (non-hydrogen) atoms. The standard InChI is InChI=1S/C7H7NO3.Rf/c1-11-7(9)6-3-2-4-8(10)5-6;/h2,4-5,10H,1H3;. The second-order valence-corrected chi connectivity index (χ2v) is 1.87. The van der Waals surface area contributed by atoms with Crippen molar-refractivity contribution in [2.75, 3.05) is 7.11 Å². The van der Waals surface area contributed by atoms with Gasteiger partial charge in [-0.2, -0.15) is 0 Å². The Morgan fingerprint density at radius 2 is 2.42 bits per heavy atom. The minimum atomic E-state index is -0.520. The molecular weight excluding hydrogens is 413 g/mol. The predicted molar refractivity (Wildman–Crippen MR) is 34.0 cm³/mol. The van der Waals surface area contributed by atoms with Crippen molar-refractivity contribution in [1.29, 1.82) is 0 Å². The molecule has 4 nitrogen and oxygen atoms in total. The Morgan fingerprint density at radius 3 is 2.92 bits per heavy atom. The number of nitrogens with zero attached hydrogens (tertiary/aromatic N) is 1. The molecule has 60 valence electrons. The molecular formula is C7H7NO3Rf. The van der Waals surface area contributed by atoms with Crippen molar-refractivity contribution in [2.45, 2.75) is 0 Å². The summed E-state index contributed by atoms with van der Waals surface area (Å²) < 4.78 is 5.16. The summed E-state index contributed by atoms with van der Waals surface area (Å²) in [5.74, 6) is -0.520. The van der Waals surface area contributed by atoms with Crippen molar-refractivity contribution in [3.05, 3.63) is 30.1 Å². The molecule has 1 aromatic rings. The second-order valence-electron chi connectivity index (χ2n) is 1.87. The minimum absolute atomic E-state index is 0. The maximum atomic E-state index is 10.8.